The first-order valence-electron chi connectivity index (χ1n) is 8.55. The van der Waals surface area contributed by atoms with Crippen LogP contribution in [-0.4, -0.2) is 46.3 Å². The molecular formula is C19H22F2N4O2. The molecule has 0 saturated heterocycles. The highest BCUT2D eigenvalue weighted by molar-refractivity contribution is 5.95. The van der Waals surface area contributed by atoms with E-state index < -0.39 is 17.8 Å². The fraction of sp³-hybridized carbons (Fsp3) is 0.368. The van der Waals surface area contributed by atoms with E-state index in [1.807, 2.05) is 13.8 Å². The minimum Gasteiger partial charge on any atom is -0.348 e. The van der Waals surface area contributed by atoms with Gasteiger partial charge in [0.15, 0.2) is 0 Å². The smallest absolute Gasteiger partial charge is 0.253 e. The number of amides is 2. The van der Waals surface area contributed by atoms with Crippen LogP contribution < -0.4 is 5.32 Å². The van der Waals surface area contributed by atoms with Crippen molar-refractivity contribution in [2.75, 3.05) is 13.6 Å². The van der Waals surface area contributed by atoms with Gasteiger partial charge in [0.05, 0.1) is 0 Å². The molecule has 0 radical (unpaired) electrons. The second-order valence-corrected chi connectivity index (χ2v) is 6.72. The number of nitrogens with zero attached hydrogens (tertiary/aromatic N) is 3. The molecule has 2 aromatic rings. The molecule has 8 heteroatoms. The molecule has 0 bridgehead atoms. The maximum atomic E-state index is 13.2. The van der Waals surface area contributed by atoms with Gasteiger partial charge in [-0.3, -0.25) is 9.59 Å². The van der Waals surface area contributed by atoms with Crippen LogP contribution >= 0.6 is 0 Å². The SMILES string of the molecule is CC(C)CC(CN(C)C(=O)c1ccnc(F)c1)NC(=O)c1ccnc(F)c1. The maximum Gasteiger partial charge on any atom is 0.253 e. The summed E-state index contributed by atoms with van der Waals surface area (Å²) in [7, 11) is 1.58. The van der Waals surface area contributed by atoms with E-state index >= 15 is 0 Å². The van der Waals surface area contributed by atoms with Crippen molar-refractivity contribution in [3.8, 4) is 0 Å². The fourth-order valence-corrected chi connectivity index (χ4v) is 2.73. The second kappa shape index (κ2) is 9.16. The van der Waals surface area contributed by atoms with Crippen LogP contribution in [0, 0.1) is 17.8 Å². The Morgan fingerprint density at radius 1 is 1.07 bits per heavy atom. The van der Waals surface area contributed by atoms with Gasteiger partial charge in [0, 0.05) is 55.3 Å². The third-order valence-corrected chi connectivity index (χ3v) is 3.89. The van der Waals surface area contributed by atoms with Crippen molar-refractivity contribution in [1.29, 1.82) is 0 Å². The van der Waals surface area contributed by atoms with E-state index in [9.17, 15) is 18.4 Å². The molecule has 2 rings (SSSR count). The lowest BCUT2D eigenvalue weighted by Crippen LogP contribution is -2.45. The molecule has 0 aromatic carbocycles. The summed E-state index contributed by atoms with van der Waals surface area (Å²) in [5.41, 5.74) is 0.331. The number of halogens is 2. The highest BCUT2D eigenvalue weighted by Crippen LogP contribution is 2.11. The normalized spacial score (nSPS) is 11.9. The molecule has 6 nitrogen and oxygen atoms in total. The van der Waals surface area contributed by atoms with Gasteiger partial charge in [-0.2, -0.15) is 8.78 Å². The van der Waals surface area contributed by atoms with Crippen LogP contribution in [0.4, 0.5) is 8.78 Å². The molecular weight excluding hydrogens is 354 g/mol. The number of rotatable bonds is 7. The van der Waals surface area contributed by atoms with Gasteiger partial charge in [0.2, 0.25) is 11.9 Å². The lowest BCUT2D eigenvalue weighted by atomic mass is 10.0. The van der Waals surface area contributed by atoms with Gasteiger partial charge in [0.25, 0.3) is 11.8 Å². The van der Waals surface area contributed by atoms with E-state index in [0.717, 1.165) is 12.1 Å². The summed E-state index contributed by atoms with van der Waals surface area (Å²) in [6.07, 6.45) is 3.05. The predicted molar refractivity (Wildman–Crippen MR) is 96.1 cm³/mol. The number of hydrogen-bond acceptors (Lipinski definition) is 4. The fourth-order valence-electron chi connectivity index (χ4n) is 2.73. The molecule has 0 aliphatic rings. The summed E-state index contributed by atoms with van der Waals surface area (Å²) in [5.74, 6) is -2.05. The van der Waals surface area contributed by atoms with Crippen LogP contribution in [0.1, 0.15) is 41.0 Å². The van der Waals surface area contributed by atoms with Crippen molar-refractivity contribution in [3.05, 3.63) is 59.7 Å². The number of aromatic nitrogens is 2. The largest absolute Gasteiger partial charge is 0.348 e. The Morgan fingerprint density at radius 2 is 1.63 bits per heavy atom. The summed E-state index contributed by atoms with van der Waals surface area (Å²) in [4.78, 5) is 33.1. The van der Waals surface area contributed by atoms with Crippen LogP contribution in [0.15, 0.2) is 36.7 Å². The Morgan fingerprint density at radius 3 is 2.19 bits per heavy atom. The zero-order valence-electron chi connectivity index (χ0n) is 15.4. The highest BCUT2D eigenvalue weighted by Gasteiger charge is 2.21. The minimum absolute atomic E-state index is 0.154. The molecule has 2 amide bonds. The van der Waals surface area contributed by atoms with Gasteiger partial charge < -0.3 is 10.2 Å². The Balaban J connectivity index is 2.09. The van der Waals surface area contributed by atoms with Crippen LogP contribution in [0.25, 0.3) is 0 Å². The topological polar surface area (TPSA) is 75.2 Å². The summed E-state index contributed by atoms with van der Waals surface area (Å²) in [6.45, 7) is 4.21. The van der Waals surface area contributed by atoms with Crippen molar-refractivity contribution in [1.82, 2.24) is 20.2 Å². The van der Waals surface area contributed by atoms with Gasteiger partial charge in [0.1, 0.15) is 0 Å². The molecule has 144 valence electrons. The van der Waals surface area contributed by atoms with E-state index in [1.54, 1.807) is 7.05 Å². The van der Waals surface area contributed by atoms with Crippen molar-refractivity contribution >= 4 is 11.8 Å². The van der Waals surface area contributed by atoms with E-state index in [1.165, 1.54) is 29.4 Å². The second-order valence-electron chi connectivity index (χ2n) is 6.72. The van der Waals surface area contributed by atoms with Crippen LogP contribution in [0.5, 0.6) is 0 Å². The lowest BCUT2D eigenvalue weighted by molar-refractivity contribution is 0.0758. The predicted octanol–water partition coefficient (Wildman–Crippen LogP) is 2.67. The van der Waals surface area contributed by atoms with E-state index in [4.69, 9.17) is 0 Å². The molecule has 27 heavy (non-hydrogen) atoms. The highest BCUT2D eigenvalue weighted by atomic mass is 19.1. The molecule has 0 fully saturated rings. The standard InChI is InChI=1S/C19H22F2N4O2/c1-12(2)8-15(24-18(26)13-4-6-22-16(20)9-13)11-25(3)19(27)14-5-7-23-17(21)10-14/h4-7,9-10,12,15H,8,11H2,1-3H3,(H,24,26). The number of nitrogens with one attached hydrogen (secondary N) is 1. The van der Waals surface area contributed by atoms with E-state index in [0.29, 0.717) is 6.42 Å². The summed E-state index contributed by atoms with van der Waals surface area (Å²) >= 11 is 0. The molecule has 2 aromatic heterocycles. The van der Waals surface area contributed by atoms with Crippen LogP contribution in [0.3, 0.4) is 0 Å². The first-order chi connectivity index (χ1) is 12.8. The first kappa shape index (κ1) is 20.4. The van der Waals surface area contributed by atoms with Crippen molar-refractivity contribution in [3.63, 3.8) is 0 Å². The molecule has 0 spiro atoms. The third kappa shape index (κ3) is 6.09. The molecule has 0 saturated carbocycles. The van der Waals surface area contributed by atoms with Crippen molar-refractivity contribution < 1.29 is 18.4 Å². The van der Waals surface area contributed by atoms with Crippen molar-refractivity contribution in [2.24, 2.45) is 5.92 Å². The zero-order valence-corrected chi connectivity index (χ0v) is 15.4. The average Bonchev–Trinajstić information content (AvgIpc) is 2.60. The quantitative estimate of drug-likeness (QED) is 0.754. The van der Waals surface area contributed by atoms with Gasteiger partial charge in [-0.1, -0.05) is 13.8 Å². The van der Waals surface area contributed by atoms with Crippen LogP contribution in [-0.2, 0) is 0 Å². The molecule has 2 heterocycles. The number of hydrogen-bond donors (Lipinski definition) is 1. The Labute approximate surface area is 156 Å². The minimum atomic E-state index is -0.741. The van der Waals surface area contributed by atoms with Gasteiger partial charge >= 0.3 is 0 Å². The Bertz CT molecular complexity index is 814. The summed E-state index contributed by atoms with van der Waals surface area (Å²) in [5, 5.41) is 2.83. The maximum absolute atomic E-state index is 13.2. The molecule has 0 aliphatic heterocycles. The molecule has 1 unspecified atom stereocenters. The first-order valence-corrected chi connectivity index (χ1v) is 8.55. The van der Waals surface area contributed by atoms with Crippen molar-refractivity contribution in [2.45, 2.75) is 26.3 Å². The number of likely N-dealkylation sites (N-methyl/N-ethyl adjacent to an activating group) is 1. The lowest BCUT2D eigenvalue weighted by Gasteiger charge is -2.26. The van der Waals surface area contributed by atoms with E-state index in [-0.39, 0.29) is 35.5 Å². The van der Waals surface area contributed by atoms with Gasteiger partial charge in [-0.25, -0.2) is 9.97 Å². The van der Waals surface area contributed by atoms with Crippen LogP contribution in [0.2, 0.25) is 0 Å². The Kier molecular flexibility index (Phi) is 6.92. The summed E-state index contributed by atoms with van der Waals surface area (Å²) in [6, 6.07) is 4.61. The van der Waals surface area contributed by atoms with E-state index in [2.05, 4.69) is 15.3 Å². The molecule has 1 N–H and O–H groups in total. The number of pyridine rings is 2. The summed E-state index contributed by atoms with van der Waals surface area (Å²) < 4.78 is 26.5. The Hall–Kier alpha value is -2.90. The third-order valence-electron chi connectivity index (χ3n) is 3.89. The number of carbonyl (C=O) groups excluding carboxylic acids is 2. The van der Waals surface area contributed by atoms with Gasteiger partial charge in [-0.05, 0) is 24.5 Å². The molecule has 0 aliphatic carbocycles. The number of carbonyl (C=O) groups is 2. The van der Waals surface area contributed by atoms with Gasteiger partial charge in [-0.15, -0.1) is 0 Å². The zero-order chi connectivity index (χ0) is 20.0. The molecule has 1 atom stereocenters. The monoisotopic (exact) mass is 376 g/mol. The average molecular weight is 376 g/mol.